The van der Waals surface area contributed by atoms with Gasteiger partial charge in [0.1, 0.15) is 5.82 Å². The molecule has 2 heterocycles. The molecule has 0 amide bonds. The largest absolute Gasteiger partial charge is 0.332 e. The molecule has 0 saturated heterocycles. The van der Waals surface area contributed by atoms with E-state index < -0.39 is 11.2 Å². The minimum absolute atomic E-state index is 0.0721. The molecule has 7 nitrogen and oxygen atoms in total. The normalized spacial score (nSPS) is 11.2. The fraction of sp³-hybridized carbons (Fsp3) is 0.217. The number of Topliss-reactive ketones (excluding diaryl/α,β-unsaturated/α-hetero) is 1. The van der Waals surface area contributed by atoms with Gasteiger partial charge in [-0.25, -0.2) is 14.2 Å². The van der Waals surface area contributed by atoms with Crippen molar-refractivity contribution >= 4 is 28.7 Å². The van der Waals surface area contributed by atoms with Gasteiger partial charge in [-0.1, -0.05) is 53.7 Å². The summed E-state index contributed by atoms with van der Waals surface area (Å²) in [6.45, 7) is 2.19. The molecule has 0 radical (unpaired) electrons. The summed E-state index contributed by atoms with van der Waals surface area (Å²) in [6, 6.07) is 13.2. The molecular formula is C23H21FN4O3S. The summed E-state index contributed by atoms with van der Waals surface area (Å²) in [5.41, 5.74) is 1.94. The first-order valence-corrected chi connectivity index (χ1v) is 10.9. The van der Waals surface area contributed by atoms with Gasteiger partial charge in [0.15, 0.2) is 22.1 Å². The summed E-state index contributed by atoms with van der Waals surface area (Å²) in [4.78, 5) is 42.5. The number of aryl methyl sites for hydroxylation is 2. The predicted octanol–water partition coefficient (Wildman–Crippen LogP) is 2.90. The van der Waals surface area contributed by atoms with E-state index in [1.165, 1.54) is 35.5 Å². The number of halogens is 1. The van der Waals surface area contributed by atoms with Crippen LogP contribution >= 0.6 is 11.8 Å². The van der Waals surface area contributed by atoms with Gasteiger partial charge in [0.25, 0.3) is 5.56 Å². The van der Waals surface area contributed by atoms with E-state index in [-0.39, 0.29) is 35.1 Å². The second-order valence-electron chi connectivity index (χ2n) is 7.56. The van der Waals surface area contributed by atoms with E-state index in [0.717, 1.165) is 15.7 Å². The standard InChI is InChI=1S/C23H21FN4O3S/c1-14-4-8-16(9-5-14)18(29)13-32-22-25-20-19(21(30)27(3)23(31)26(20)2)28(22)12-15-6-10-17(24)11-7-15/h4-11H,12-13H2,1-3H3. The third kappa shape index (κ3) is 4.03. The summed E-state index contributed by atoms with van der Waals surface area (Å²) < 4.78 is 17.4. The maximum atomic E-state index is 13.4. The summed E-state index contributed by atoms with van der Waals surface area (Å²) in [7, 11) is 2.96. The molecule has 0 bridgehead atoms. The van der Waals surface area contributed by atoms with Gasteiger partial charge in [0.05, 0.1) is 12.3 Å². The number of fused-ring (bicyclic) bond motifs is 1. The Morgan fingerprint density at radius 2 is 1.66 bits per heavy atom. The van der Waals surface area contributed by atoms with Crippen molar-refractivity contribution in [2.45, 2.75) is 18.6 Å². The van der Waals surface area contributed by atoms with Gasteiger partial charge in [0.2, 0.25) is 0 Å². The smallest absolute Gasteiger partial charge is 0.309 e. The third-order valence-electron chi connectivity index (χ3n) is 5.27. The van der Waals surface area contributed by atoms with E-state index >= 15 is 0 Å². The van der Waals surface area contributed by atoms with Crippen LogP contribution in [0.2, 0.25) is 0 Å². The quantitative estimate of drug-likeness (QED) is 0.332. The molecule has 4 rings (SSSR count). The summed E-state index contributed by atoms with van der Waals surface area (Å²) in [5, 5.41) is 0.433. The van der Waals surface area contributed by atoms with Crippen molar-refractivity contribution in [2.24, 2.45) is 14.1 Å². The average Bonchev–Trinajstić information content (AvgIpc) is 3.15. The van der Waals surface area contributed by atoms with Crippen LogP contribution in [0, 0.1) is 12.7 Å². The van der Waals surface area contributed by atoms with Crippen LogP contribution < -0.4 is 11.2 Å². The molecule has 164 valence electrons. The summed E-state index contributed by atoms with van der Waals surface area (Å²) >= 11 is 1.20. The molecule has 0 fully saturated rings. The Hall–Kier alpha value is -3.46. The van der Waals surface area contributed by atoms with E-state index in [0.29, 0.717) is 10.7 Å². The number of ketones is 1. The lowest BCUT2D eigenvalue weighted by Crippen LogP contribution is -2.37. The van der Waals surface area contributed by atoms with E-state index in [1.807, 2.05) is 19.1 Å². The van der Waals surface area contributed by atoms with Crippen molar-refractivity contribution in [3.05, 3.63) is 91.9 Å². The minimum atomic E-state index is -0.485. The SMILES string of the molecule is Cc1ccc(C(=O)CSc2nc3c(c(=O)n(C)c(=O)n3C)n2Cc2ccc(F)cc2)cc1. The van der Waals surface area contributed by atoms with E-state index in [4.69, 9.17) is 0 Å². The Bertz CT molecular complexity index is 1430. The summed E-state index contributed by atoms with van der Waals surface area (Å²) in [6.07, 6.45) is 0. The Balaban J connectivity index is 1.77. The monoisotopic (exact) mass is 452 g/mol. The zero-order valence-corrected chi connectivity index (χ0v) is 18.6. The lowest BCUT2D eigenvalue weighted by atomic mass is 10.1. The first-order chi connectivity index (χ1) is 15.3. The Labute approximate surface area is 187 Å². The van der Waals surface area contributed by atoms with Crippen LogP contribution in [0.25, 0.3) is 11.2 Å². The number of benzene rings is 2. The molecular weight excluding hydrogens is 431 g/mol. The van der Waals surface area contributed by atoms with Crippen LogP contribution in [-0.2, 0) is 20.6 Å². The van der Waals surface area contributed by atoms with E-state index in [9.17, 15) is 18.8 Å². The first-order valence-electron chi connectivity index (χ1n) is 9.89. The van der Waals surface area contributed by atoms with Crippen LogP contribution in [0.3, 0.4) is 0 Å². The van der Waals surface area contributed by atoms with Crippen LogP contribution in [0.5, 0.6) is 0 Å². The molecule has 0 unspecified atom stereocenters. The molecule has 2 aromatic heterocycles. The number of carbonyl (C=O) groups is 1. The third-order valence-corrected chi connectivity index (χ3v) is 6.25. The van der Waals surface area contributed by atoms with E-state index in [1.54, 1.807) is 35.9 Å². The van der Waals surface area contributed by atoms with Crippen LogP contribution in [0.1, 0.15) is 21.5 Å². The molecule has 2 aromatic carbocycles. The zero-order chi connectivity index (χ0) is 23.0. The van der Waals surface area contributed by atoms with Crippen LogP contribution in [0.4, 0.5) is 4.39 Å². The molecule has 0 aliphatic rings. The van der Waals surface area contributed by atoms with Gasteiger partial charge in [-0.15, -0.1) is 0 Å². The van der Waals surface area contributed by atoms with Crippen molar-refractivity contribution in [1.82, 2.24) is 18.7 Å². The van der Waals surface area contributed by atoms with Crippen molar-refractivity contribution < 1.29 is 9.18 Å². The van der Waals surface area contributed by atoms with Crippen molar-refractivity contribution in [2.75, 3.05) is 5.75 Å². The molecule has 0 aliphatic carbocycles. The first kappa shape index (κ1) is 21.8. The number of hydrogen-bond donors (Lipinski definition) is 0. The van der Waals surface area contributed by atoms with Crippen molar-refractivity contribution in [3.63, 3.8) is 0 Å². The highest BCUT2D eigenvalue weighted by Crippen LogP contribution is 2.24. The number of thioether (sulfide) groups is 1. The van der Waals surface area contributed by atoms with Gasteiger partial charge in [-0.2, -0.15) is 0 Å². The molecule has 0 atom stereocenters. The molecule has 0 saturated carbocycles. The van der Waals surface area contributed by atoms with Gasteiger partial charge >= 0.3 is 5.69 Å². The molecule has 0 aliphatic heterocycles. The van der Waals surface area contributed by atoms with Gasteiger partial charge in [-0.05, 0) is 24.6 Å². The second kappa shape index (κ2) is 8.58. The number of nitrogens with zero attached hydrogens (tertiary/aromatic N) is 4. The Morgan fingerprint density at radius 3 is 2.31 bits per heavy atom. The molecule has 0 spiro atoms. The highest BCUT2D eigenvalue weighted by atomic mass is 32.2. The topological polar surface area (TPSA) is 78.9 Å². The predicted molar refractivity (Wildman–Crippen MR) is 122 cm³/mol. The highest BCUT2D eigenvalue weighted by Gasteiger charge is 2.20. The van der Waals surface area contributed by atoms with Crippen molar-refractivity contribution in [3.8, 4) is 0 Å². The Morgan fingerprint density at radius 1 is 1.00 bits per heavy atom. The zero-order valence-electron chi connectivity index (χ0n) is 17.8. The maximum Gasteiger partial charge on any atom is 0.332 e. The lowest BCUT2D eigenvalue weighted by Gasteiger charge is -2.10. The van der Waals surface area contributed by atoms with Crippen molar-refractivity contribution in [1.29, 1.82) is 0 Å². The lowest BCUT2D eigenvalue weighted by molar-refractivity contribution is 0.102. The Kier molecular flexibility index (Phi) is 5.84. The van der Waals surface area contributed by atoms with Crippen LogP contribution in [0.15, 0.2) is 63.3 Å². The summed E-state index contributed by atoms with van der Waals surface area (Å²) in [5.74, 6) is -0.317. The number of carbonyl (C=O) groups excluding carboxylic acids is 1. The molecule has 9 heteroatoms. The fourth-order valence-electron chi connectivity index (χ4n) is 3.41. The number of rotatable bonds is 6. The minimum Gasteiger partial charge on any atom is -0.309 e. The molecule has 0 N–H and O–H groups in total. The molecule has 32 heavy (non-hydrogen) atoms. The van der Waals surface area contributed by atoms with Gasteiger partial charge in [0, 0.05) is 19.7 Å². The number of hydrogen-bond acceptors (Lipinski definition) is 5. The second-order valence-corrected chi connectivity index (χ2v) is 8.51. The fourth-order valence-corrected chi connectivity index (χ4v) is 4.30. The number of aromatic nitrogens is 4. The maximum absolute atomic E-state index is 13.4. The molecule has 4 aromatic rings. The average molecular weight is 453 g/mol. The van der Waals surface area contributed by atoms with Crippen LogP contribution in [-0.4, -0.2) is 30.2 Å². The van der Waals surface area contributed by atoms with E-state index in [2.05, 4.69) is 4.98 Å². The highest BCUT2D eigenvalue weighted by molar-refractivity contribution is 7.99. The number of imidazole rings is 1. The van der Waals surface area contributed by atoms with Gasteiger partial charge < -0.3 is 4.57 Å². The van der Waals surface area contributed by atoms with Gasteiger partial charge in [-0.3, -0.25) is 18.7 Å².